The third kappa shape index (κ3) is 3.23. The number of hydrogen-bond acceptors (Lipinski definition) is 3. The summed E-state index contributed by atoms with van der Waals surface area (Å²) >= 11 is 0. The van der Waals surface area contributed by atoms with Crippen molar-refractivity contribution in [2.24, 2.45) is 11.5 Å². The van der Waals surface area contributed by atoms with E-state index >= 15 is 0 Å². The van der Waals surface area contributed by atoms with E-state index < -0.39 is 0 Å². The van der Waals surface area contributed by atoms with Crippen molar-refractivity contribution in [3.05, 3.63) is 35.2 Å². The molecule has 0 spiro atoms. The highest BCUT2D eigenvalue weighted by molar-refractivity contribution is 5.61. The van der Waals surface area contributed by atoms with E-state index in [1.54, 1.807) is 6.07 Å². The molecule has 0 unspecified atom stereocenters. The van der Waals surface area contributed by atoms with Crippen LogP contribution in [0.2, 0.25) is 0 Å². The molecule has 4 heteroatoms. The van der Waals surface area contributed by atoms with Gasteiger partial charge in [0, 0.05) is 6.54 Å². The molecule has 4 N–H and O–H groups in total. The number of ether oxygens (including phenoxy) is 1. The maximum Gasteiger partial charge on any atom is 0.228 e. The Morgan fingerprint density at radius 2 is 2.06 bits per heavy atom. The van der Waals surface area contributed by atoms with Gasteiger partial charge in [0.25, 0.3) is 0 Å². The van der Waals surface area contributed by atoms with Crippen LogP contribution in [0.4, 0.5) is 5.69 Å². The van der Waals surface area contributed by atoms with Crippen molar-refractivity contribution in [1.82, 2.24) is 0 Å². The normalized spacial score (nSPS) is 9.81. The summed E-state index contributed by atoms with van der Waals surface area (Å²) in [6.07, 6.45) is 1.72. The molecule has 0 radical (unpaired) electrons. The summed E-state index contributed by atoms with van der Waals surface area (Å²) in [5.41, 5.74) is 12.5. The third-order valence-corrected chi connectivity index (χ3v) is 2.21. The van der Waals surface area contributed by atoms with Crippen LogP contribution in [0.15, 0.2) is 18.2 Å². The Hall–Kier alpha value is -1.57. The zero-order valence-corrected chi connectivity index (χ0v) is 9.28. The average molecular weight is 219 g/mol. The first-order valence-corrected chi connectivity index (χ1v) is 5.35. The van der Waals surface area contributed by atoms with Crippen molar-refractivity contribution in [3.63, 3.8) is 0 Å². The Morgan fingerprint density at radius 3 is 2.69 bits per heavy atom. The molecule has 0 saturated heterocycles. The second-order valence-corrected chi connectivity index (χ2v) is 3.41. The highest BCUT2D eigenvalue weighted by Crippen LogP contribution is 2.32. The fourth-order valence-electron chi connectivity index (χ4n) is 1.48. The van der Waals surface area contributed by atoms with E-state index in [-0.39, 0.29) is 0 Å². The van der Waals surface area contributed by atoms with Crippen LogP contribution in [0.25, 0.3) is 4.85 Å². The third-order valence-electron chi connectivity index (χ3n) is 2.21. The summed E-state index contributed by atoms with van der Waals surface area (Å²) in [7, 11) is 0. The maximum atomic E-state index is 7.08. The van der Waals surface area contributed by atoms with Gasteiger partial charge in [-0.15, -0.1) is 0 Å². The van der Waals surface area contributed by atoms with Crippen LogP contribution in [-0.2, 0) is 6.42 Å². The molecular weight excluding hydrogens is 202 g/mol. The van der Waals surface area contributed by atoms with E-state index in [1.807, 2.05) is 12.1 Å². The smallest absolute Gasteiger partial charge is 0.228 e. The summed E-state index contributed by atoms with van der Waals surface area (Å²) in [6, 6.07) is 5.59. The first-order chi connectivity index (χ1) is 7.83. The maximum absolute atomic E-state index is 7.08. The minimum Gasteiger partial charge on any atom is -0.503 e. The topological polar surface area (TPSA) is 65.6 Å². The fraction of sp³-hybridized carbons (Fsp3) is 0.417. The number of para-hydroxylation sites is 1. The number of nitrogens with zero attached hydrogens (tertiary/aromatic N) is 1. The molecule has 0 atom stereocenters. The van der Waals surface area contributed by atoms with Crippen LogP contribution in [0.1, 0.15) is 12.0 Å². The molecule has 4 nitrogen and oxygen atoms in total. The summed E-state index contributed by atoms with van der Waals surface area (Å²) < 4.78 is 5.53. The van der Waals surface area contributed by atoms with Crippen molar-refractivity contribution in [2.75, 3.05) is 19.7 Å². The zero-order chi connectivity index (χ0) is 11.8. The first-order valence-electron chi connectivity index (χ1n) is 5.35. The number of hydrogen-bond donors (Lipinski definition) is 2. The van der Waals surface area contributed by atoms with Gasteiger partial charge >= 0.3 is 0 Å². The van der Waals surface area contributed by atoms with Gasteiger partial charge in [-0.05, 0) is 24.9 Å². The van der Waals surface area contributed by atoms with Crippen molar-refractivity contribution in [1.29, 1.82) is 0 Å². The molecule has 0 aromatic heterocycles. The molecule has 1 rings (SSSR count). The van der Waals surface area contributed by atoms with Crippen molar-refractivity contribution < 1.29 is 4.74 Å². The lowest BCUT2D eigenvalue weighted by Crippen LogP contribution is -2.12. The summed E-state index contributed by atoms with van der Waals surface area (Å²) in [4.78, 5) is 3.45. The molecule has 0 aliphatic rings. The monoisotopic (exact) mass is 219 g/mol. The quantitative estimate of drug-likeness (QED) is 0.712. The molecule has 0 aliphatic carbocycles. The van der Waals surface area contributed by atoms with E-state index in [2.05, 4.69) is 4.85 Å². The summed E-state index contributed by atoms with van der Waals surface area (Å²) in [6.45, 7) is 8.60. The van der Waals surface area contributed by atoms with Gasteiger partial charge in [-0.2, -0.15) is 0 Å². The summed E-state index contributed by atoms with van der Waals surface area (Å²) in [5, 5.41) is 0. The van der Waals surface area contributed by atoms with E-state index in [9.17, 15) is 0 Å². The first kappa shape index (κ1) is 12.5. The lowest BCUT2D eigenvalue weighted by molar-refractivity contribution is 0.326. The Labute approximate surface area is 96.0 Å². The zero-order valence-electron chi connectivity index (χ0n) is 9.28. The van der Waals surface area contributed by atoms with Crippen LogP contribution in [0, 0.1) is 6.57 Å². The van der Waals surface area contributed by atoms with Crippen LogP contribution in [0.3, 0.4) is 0 Å². The Bertz CT molecular complexity index is 371. The van der Waals surface area contributed by atoms with Gasteiger partial charge < -0.3 is 16.2 Å². The Balaban J connectivity index is 2.91. The SMILES string of the molecule is [C-]#[N+]c1cccc(CCCN)c1OCCN. The minimum atomic E-state index is 0.433. The number of nitrogens with two attached hydrogens (primary N) is 2. The molecule has 0 aliphatic heterocycles. The van der Waals surface area contributed by atoms with Gasteiger partial charge in [0.05, 0.1) is 13.2 Å². The molecule has 0 amide bonds. The van der Waals surface area contributed by atoms with E-state index in [0.717, 1.165) is 18.4 Å². The van der Waals surface area contributed by atoms with Crippen LogP contribution in [-0.4, -0.2) is 19.7 Å². The highest BCUT2D eigenvalue weighted by atomic mass is 16.5. The second-order valence-electron chi connectivity index (χ2n) is 3.41. The minimum absolute atomic E-state index is 0.433. The van der Waals surface area contributed by atoms with E-state index in [1.165, 1.54) is 0 Å². The number of rotatable bonds is 6. The molecule has 0 saturated carbocycles. The van der Waals surface area contributed by atoms with Crippen molar-refractivity contribution in [2.45, 2.75) is 12.8 Å². The predicted octanol–water partition coefficient (Wildman–Crippen LogP) is 1.47. The standard InChI is InChI=1S/C12H17N3O/c1-15-11-6-2-4-10(5-3-7-13)12(11)16-9-8-14/h2,4,6H,3,5,7-9,13-14H2. The Kier molecular flexibility index (Phi) is 5.34. The van der Waals surface area contributed by atoms with Crippen molar-refractivity contribution in [3.8, 4) is 5.75 Å². The Morgan fingerprint density at radius 1 is 1.25 bits per heavy atom. The van der Waals surface area contributed by atoms with Gasteiger partial charge in [0.2, 0.25) is 5.69 Å². The van der Waals surface area contributed by atoms with Gasteiger partial charge in [-0.3, -0.25) is 0 Å². The molecule has 1 aromatic rings. The summed E-state index contributed by atoms with van der Waals surface area (Å²) in [5.74, 6) is 0.663. The number of aryl methyl sites for hydroxylation is 1. The van der Waals surface area contributed by atoms with Gasteiger partial charge in [-0.25, -0.2) is 4.85 Å². The van der Waals surface area contributed by atoms with E-state index in [4.69, 9.17) is 22.8 Å². The van der Waals surface area contributed by atoms with Crippen LogP contribution >= 0.6 is 0 Å². The predicted molar refractivity (Wildman–Crippen MR) is 64.6 cm³/mol. The number of benzene rings is 1. The molecule has 1 aromatic carbocycles. The molecule has 0 heterocycles. The highest BCUT2D eigenvalue weighted by Gasteiger charge is 2.08. The lowest BCUT2D eigenvalue weighted by Gasteiger charge is -2.12. The van der Waals surface area contributed by atoms with Crippen LogP contribution < -0.4 is 16.2 Å². The molecule has 16 heavy (non-hydrogen) atoms. The van der Waals surface area contributed by atoms with Crippen LogP contribution in [0.5, 0.6) is 5.75 Å². The molecule has 86 valence electrons. The second kappa shape index (κ2) is 6.83. The largest absolute Gasteiger partial charge is 0.503 e. The van der Waals surface area contributed by atoms with Crippen molar-refractivity contribution >= 4 is 5.69 Å². The molecular formula is C12H17N3O. The molecule has 0 fully saturated rings. The van der Waals surface area contributed by atoms with E-state index in [0.29, 0.717) is 31.1 Å². The van der Waals surface area contributed by atoms with Gasteiger partial charge in [0.1, 0.15) is 5.75 Å². The average Bonchev–Trinajstić information content (AvgIpc) is 2.33. The van der Waals surface area contributed by atoms with Gasteiger partial charge in [-0.1, -0.05) is 18.2 Å². The fourth-order valence-corrected chi connectivity index (χ4v) is 1.48. The lowest BCUT2D eigenvalue weighted by atomic mass is 10.1. The molecule has 0 bridgehead atoms. The van der Waals surface area contributed by atoms with Gasteiger partial charge in [0.15, 0.2) is 0 Å².